The number of sulfonamides is 1. The zero-order valence-corrected chi connectivity index (χ0v) is 14.0. The van der Waals surface area contributed by atoms with Gasteiger partial charge in [-0.3, -0.25) is 4.72 Å². The number of aryl methyl sites for hydroxylation is 2. The Morgan fingerprint density at radius 1 is 1.20 bits per heavy atom. The Morgan fingerprint density at radius 3 is 2.55 bits per heavy atom. The molecular formula is C13H12BrClN2O2S. The predicted molar refractivity (Wildman–Crippen MR) is 83.7 cm³/mol. The maximum absolute atomic E-state index is 12.5. The maximum atomic E-state index is 12.5. The van der Waals surface area contributed by atoms with Crippen LogP contribution in [-0.4, -0.2) is 13.4 Å². The fourth-order valence-corrected chi connectivity index (χ4v) is 3.93. The molecule has 0 atom stereocenters. The van der Waals surface area contributed by atoms with Crippen molar-refractivity contribution in [2.45, 2.75) is 18.7 Å². The first-order chi connectivity index (χ1) is 9.31. The maximum Gasteiger partial charge on any atom is 0.262 e. The van der Waals surface area contributed by atoms with Crippen LogP contribution < -0.4 is 4.72 Å². The smallest absolute Gasteiger partial charge is 0.262 e. The van der Waals surface area contributed by atoms with Crippen LogP contribution >= 0.6 is 27.5 Å². The van der Waals surface area contributed by atoms with Gasteiger partial charge in [-0.15, -0.1) is 0 Å². The number of rotatable bonds is 3. The van der Waals surface area contributed by atoms with Crippen LogP contribution in [0.15, 0.2) is 39.8 Å². The molecule has 0 bridgehead atoms. The van der Waals surface area contributed by atoms with Crippen LogP contribution in [0.3, 0.4) is 0 Å². The number of aromatic nitrogens is 1. The molecule has 1 N–H and O–H groups in total. The lowest BCUT2D eigenvalue weighted by Gasteiger charge is -2.13. The molecule has 2 rings (SSSR count). The average Bonchev–Trinajstić information content (AvgIpc) is 2.37. The molecule has 7 heteroatoms. The largest absolute Gasteiger partial charge is 0.276 e. The lowest BCUT2D eigenvalue weighted by molar-refractivity contribution is 0.600. The highest BCUT2D eigenvalue weighted by molar-refractivity contribution is 9.10. The molecule has 0 saturated carbocycles. The number of nitrogens with zero attached hydrogens (tertiary/aromatic N) is 1. The highest BCUT2D eigenvalue weighted by Crippen LogP contribution is 2.28. The molecule has 20 heavy (non-hydrogen) atoms. The summed E-state index contributed by atoms with van der Waals surface area (Å²) in [5.41, 5.74) is 1.66. The van der Waals surface area contributed by atoms with Crippen molar-refractivity contribution in [3.05, 3.63) is 51.2 Å². The molecule has 0 aliphatic carbocycles. The number of pyridine rings is 1. The number of anilines is 1. The minimum Gasteiger partial charge on any atom is -0.276 e. The summed E-state index contributed by atoms with van der Waals surface area (Å²) >= 11 is 9.22. The van der Waals surface area contributed by atoms with E-state index in [1.54, 1.807) is 38.1 Å². The molecule has 0 radical (unpaired) electrons. The predicted octanol–water partition coefficient (Wildman–Crippen LogP) is 3.92. The minimum absolute atomic E-state index is 0.126. The van der Waals surface area contributed by atoms with Crippen molar-refractivity contribution in [2.24, 2.45) is 0 Å². The molecule has 0 unspecified atom stereocenters. The van der Waals surface area contributed by atoms with Crippen molar-refractivity contribution in [3.8, 4) is 0 Å². The van der Waals surface area contributed by atoms with Crippen LogP contribution in [0.5, 0.6) is 0 Å². The fraction of sp³-hybridized carbons (Fsp3) is 0.154. The summed E-state index contributed by atoms with van der Waals surface area (Å²) in [6.45, 7) is 3.50. The highest BCUT2D eigenvalue weighted by atomic mass is 79.9. The van der Waals surface area contributed by atoms with E-state index in [9.17, 15) is 8.42 Å². The molecule has 1 aromatic carbocycles. The van der Waals surface area contributed by atoms with Gasteiger partial charge in [0.2, 0.25) is 0 Å². The lowest BCUT2D eigenvalue weighted by Crippen LogP contribution is -2.15. The van der Waals surface area contributed by atoms with E-state index in [2.05, 4.69) is 25.6 Å². The van der Waals surface area contributed by atoms with Gasteiger partial charge in [0.15, 0.2) is 5.15 Å². The summed E-state index contributed by atoms with van der Waals surface area (Å²) in [7, 11) is -3.72. The lowest BCUT2D eigenvalue weighted by atomic mass is 10.2. The molecule has 0 aliphatic rings. The minimum atomic E-state index is -3.72. The van der Waals surface area contributed by atoms with Gasteiger partial charge in [-0.05, 0) is 43.2 Å². The van der Waals surface area contributed by atoms with Gasteiger partial charge < -0.3 is 0 Å². The molecular weight excluding hydrogens is 364 g/mol. The molecule has 2 aromatic rings. The Hall–Kier alpha value is -1.11. The van der Waals surface area contributed by atoms with Gasteiger partial charge in [-0.1, -0.05) is 33.6 Å². The van der Waals surface area contributed by atoms with Crippen LogP contribution in [0.1, 0.15) is 11.1 Å². The zero-order valence-electron chi connectivity index (χ0n) is 10.8. The Balaban J connectivity index is 2.49. The van der Waals surface area contributed by atoms with Gasteiger partial charge in [0, 0.05) is 10.7 Å². The molecule has 1 aromatic heterocycles. The third-order valence-corrected chi connectivity index (χ3v) is 5.06. The molecule has 0 aliphatic heterocycles. The highest BCUT2D eigenvalue weighted by Gasteiger charge is 2.20. The van der Waals surface area contributed by atoms with Gasteiger partial charge in [-0.2, -0.15) is 0 Å². The van der Waals surface area contributed by atoms with Crippen LogP contribution in [-0.2, 0) is 10.0 Å². The Kier molecular flexibility index (Phi) is 4.36. The topological polar surface area (TPSA) is 59.1 Å². The molecule has 0 saturated heterocycles. The Bertz CT molecular complexity index is 743. The van der Waals surface area contributed by atoms with E-state index in [0.717, 1.165) is 0 Å². The fourth-order valence-electron chi connectivity index (χ4n) is 1.70. The van der Waals surface area contributed by atoms with E-state index < -0.39 is 10.0 Å². The van der Waals surface area contributed by atoms with E-state index in [-0.39, 0.29) is 10.0 Å². The molecule has 0 spiro atoms. The first-order valence-corrected chi connectivity index (χ1v) is 8.37. The van der Waals surface area contributed by atoms with Gasteiger partial charge in [0.05, 0.1) is 10.6 Å². The summed E-state index contributed by atoms with van der Waals surface area (Å²) < 4.78 is 28.1. The summed E-state index contributed by atoms with van der Waals surface area (Å²) in [5, 5.41) is 0.126. The molecule has 0 fully saturated rings. The van der Waals surface area contributed by atoms with Gasteiger partial charge in [-0.25, -0.2) is 13.4 Å². The quantitative estimate of drug-likeness (QED) is 0.827. The standard InChI is InChI=1S/C13H12BrClN2O2S/c1-8-3-4-10(14)7-11(8)20(18,19)17-12-9(2)5-6-16-13(12)15/h3-7,17H,1-2H3. The number of benzene rings is 1. The summed E-state index contributed by atoms with van der Waals surface area (Å²) in [6, 6.07) is 6.77. The summed E-state index contributed by atoms with van der Waals surface area (Å²) in [5.74, 6) is 0. The molecule has 4 nitrogen and oxygen atoms in total. The number of nitrogens with one attached hydrogen (secondary N) is 1. The zero-order chi connectivity index (χ0) is 14.9. The third-order valence-electron chi connectivity index (χ3n) is 2.79. The number of halogens is 2. The Morgan fingerprint density at radius 2 is 1.90 bits per heavy atom. The van der Waals surface area contributed by atoms with Crippen molar-refractivity contribution in [3.63, 3.8) is 0 Å². The van der Waals surface area contributed by atoms with Crippen LogP contribution in [0, 0.1) is 13.8 Å². The molecule has 0 amide bonds. The van der Waals surface area contributed by atoms with Crippen molar-refractivity contribution < 1.29 is 8.42 Å². The van der Waals surface area contributed by atoms with Crippen LogP contribution in [0.4, 0.5) is 5.69 Å². The van der Waals surface area contributed by atoms with Crippen molar-refractivity contribution in [2.75, 3.05) is 4.72 Å². The van der Waals surface area contributed by atoms with Gasteiger partial charge in [0.1, 0.15) is 0 Å². The monoisotopic (exact) mass is 374 g/mol. The van der Waals surface area contributed by atoms with Crippen LogP contribution in [0.2, 0.25) is 5.15 Å². The van der Waals surface area contributed by atoms with E-state index in [1.807, 2.05) is 0 Å². The second kappa shape index (κ2) is 5.71. The van der Waals surface area contributed by atoms with E-state index in [4.69, 9.17) is 11.6 Å². The summed E-state index contributed by atoms with van der Waals surface area (Å²) in [4.78, 5) is 4.09. The van der Waals surface area contributed by atoms with Crippen molar-refractivity contribution in [1.29, 1.82) is 0 Å². The Labute approximate surface area is 131 Å². The second-order valence-electron chi connectivity index (χ2n) is 4.31. The third kappa shape index (κ3) is 3.13. The van der Waals surface area contributed by atoms with Crippen molar-refractivity contribution >= 4 is 43.2 Å². The van der Waals surface area contributed by atoms with E-state index in [1.165, 1.54) is 6.20 Å². The first-order valence-electron chi connectivity index (χ1n) is 5.71. The summed E-state index contributed by atoms with van der Waals surface area (Å²) in [6.07, 6.45) is 1.53. The molecule has 106 valence electrons. The van der Waals surface area contributed by atoms with E-state index >= 15 is 0 Å². The van der Waals surface area contributed by atoms with Gasteiger partial charge >= 0.3 is 0 Å². The number of hydrogen-bond acceptors (Lipinski definition) is 3. The van der Waals surface area contributed by atoms with Gasteiger partial charge in [0.25, 0.3) is 10.0 Å². The first kappa shape index (κ1) is 15.3. The average molecular weight is 376 g/mol. The van der Waals surface area contributed by atoms with Crippen LogP contribution in [0.25, 0.3) is 0 Å². The second-order valence-corrected chi connectivity index (χ2v) is 7.23. The normalized spacial score (nSPS) is 11.4. The number of hydrogen-bond donors (Lipinski definition) is 1. The van der Waals surface area contributed by atoms with E-state index in [0.29, 0.717) is 21.3 Å². The molecule has 1 heterocycles. The van der Waals surface area contributed by atoms with Crippen molar-refractivity contribution in [1.82, 2.24) is 4.98 Å². The SMILES string of the molecule is Cc1ccc(Br)cc1S(=O)(=O)Nc1c(C)ccnc1Cl.